The fourth-order valence-electron chi connectivity index (χ4n) is 1.62. The average molecular weight is 333 g/mol. The molecule has 97 valence electrons. The van der Waals surface area contributed by atoms with Gasteiger partial charge in [-0.15, -0.1) is 12.1 Å². The first-order chi connectivity index (χ1) is 8.72. The quantitative estimate of drug-likeness (QED) is 0.633. The minimum absolute atomic E-state index is 0. The second kappa shape index (κ2) is 7.58. The van der Waals surface area contributed by atoms with Gasteiger partial charge in [-0.2, -0.15) is 12.1 Å². The molecule has 5 heteroatoms. The molecule has 0 aliphatic heterocycles. The van der Waals surface area contributed by atoms with Crippen LogP contribution in [0.2, 0.25) is 0 Å². The van der Waals surface area contributed by atoms with Gasteiger partial charge in [0.2, 0.25) is 0 Å². The third-order valence-electron chi connectivity index (χ3n) is 2.58. The van der Waals surface area contributed by atoms with Crippen molar-refractivity contribution in [3.8, 4) is 17.0 Å². The van der Waals surface area contributed by atoms with Crippen molar-refractivity contribution in [1.29, 1.82) is 0 Å². The Labute approximate surface area is 137 Å². The molecular weight excluding hydrogens is 319 g/mol. The van der Waals surface area contributed by atoms with E-state index in [4.69, 9.17) is 9.47 Å². The number of benzene rings is 1. The Hall–Kier alpha value is -0.966. The molecule has 1 aromatic heterocycles. The molecule has 1 radical (unpaired) electrons. The predicted molar refractivity (Wildman–Crippen MR) is 68.5 cm³/mol. The number of rotatable bonds is 4. The van der Waals surface area contributed by atoms with Gasteiger partial charge < -0.3 is 14.0 Å². The summed E-state index contributed by atoms with van der Waals surface area (Å²) in [4.78, 5) is 11.5. The van der Waals surface area contributed by atoms with Crippen LogP contribution in [-0.2, 0) is 44.5 Å². The number of hydrogen-bond donors (Lipinski definition) is 0. The molecule has 4 nitrogen and oxygen atoms in total. The Morgan fingerprint density at radius 3 is 2.53 bits per heavy atom. The molecule has 2 aromatic rings. The van der Waals surface area contributed by atoms with Crippen molar-refractivity contribution in [3.63, 3.8) is 0 Å². The van der Waals surface area contributed by atoms with Gasteiger partial charge >= 0.3 is 0 Å². The molecule has 0 fully saturated rings. The van der Waals surface area contributed by atoms with E-state index >= 15 is 0 Å². The number of hydrogen-bond acceptors (Lipinski definition) is 3. The van der Waals surface area contributed by atoms with Crippen molar-refractivity contribution in [2.75, 3.05) is 13.9 Å². The summed E-state index contributed by atoms with van der Waals surface area (Å²) >= 11 is 0. The Balaban J connectivity index is 0.00000180. The van der Waals surface area contributed by atoms with E-state index in [1.807, 2.05) is 24.3 Å². The van der Waals surface area contributed by atoms with Gasteiger partial charge in [0, 0.05) is 46.9 Å². The fourth-order valence-corrected chi connectivity index (χ4v) is 1.62. The first-order valence-corrected chi connectivity index (χ1v) is 5.52. The van der Waals surface area contributed by atoms with Crippen LogP contribution in [0.5, 0.6) is 5.75 Å². The molecule has 2 rings (SSSR count). The SMILES string of the molecule is COCOc1ccc(-c2[c-]ccc(=O)n2C)cc1.[Y]. The van der Waals surface area contributed by atoms with Crippen molar-refractivity contribution in [1.82, 2.24) is 4.57 Å². The summed E-state index contributed by atoms with van der Waals surface area (Å²) < 4.78 is 11.7. The van der Waals surface area contributed by atoms with E-state index in [-0.39, 0.29) is 45.1 Å². The number of methoxy groups -OCH3 is 1. The van der Waals surface area contributed by atoms with E-state index in [2.05, 4.69) is 6.07 Å². The Bertz CT molecular complexity index is 578. The van der Waals surface area contributed by atoms with Crippen LogP contribution in [0, 0.1) is 6.07 Å². The number of pyridine rings is 1. The second-order valence-electron chi connectivity index (χ2n) is 3.80. The summed E-state index contributed by atoms with van der Waals surface area (Å²) in [5.74, 6) is 0.724. The summed E-state index contributed by atoms with van der Waals surface area (Å²) in [6.45, 7) is 0.218. The molecular formula is C14H14NO3Y-. The molecule has 0 atom stereocenters. The van der Waals surface area contributed by atoms with Crippen LogP contribution in [0.4, 0.5) is 0 Å². The van der Waals surface area contributed by atoms with Crippen molar-refractivity contribution in [3.05, 3.63) is 52.8 Å². The first kappa shape index (κ1) is 16.1. The van der Waals surface area contributed by atoms with E-state index in [1.54, 1.807) is 24.8 Å². The van der Waals surface area contributed by atoms with Gasteiger partial charge in [-0.3, -0.25) is 4.79 Å². The largest absolute Gasteiger partial charge is 0.468 e. The van der Waals surface area contributed by atoms with Gasteiger partial charge in [0.05, 0.1) is 0 Å². The molecule has 0 aliphatic carbocycles. The minimum Gasteiger partial charge on any atom is -0.468 e. The van der Waals surface area contributed by atoms with Crippen molar-refractivity contribution >= 4 is 0 Å². The molecule has 0 saturated carbocycles. The zero-order valence-electron chi connectivity index (χ0n) is 10.9. The Morgan fingerprint density at radius 2 is 1.89 bits per heavy atom. The average Bonchev–Trinajstić information content (AvgIpc) is 2.40. The molecule has 1 heterocycles. The molecule has 0 unspecified atom stereocenters. The molecule has 19 heavy (non-hydrogen) atoms. The predicted octanol–water partition coefficient (Wildman–Crippen LogP) is 1.83. The van der Waals surface area contributed by atoms with Crippen LogP contribution < -0.4 is 10.3 Å². The minimum atomic E-state index is -0.0524. The zero-order valence-corrected chi connectivity index (χ0v) is 13.8. The number of ether oxygens (including phenoxy) is 2. The number of nitrogens with zero attached hydrogens (tertiary/aromatic N) is 1. The van der Waals surface area contributed by atoms with Gasteiger partial charge in [-0.25, -0.2) is 0 Å². The van der Waals surface area contributed by atoms with Crippen LogP contribution in [0.1, 0.15) is 0 Å². The van der Waals surface area contributed by atoms with E-state index in [9.17, 15) is 4.79 Å². The first-order valence-electron chi connectivity index (χ1n) is 5.52. The maximum absolute atomic E-state index is 11.5. The summed E-state index contributed by atoms with van der Waals surface area (Å²) in [5, 5.41) is 0. The fraction of sp³-hybridized carbons (Fsp3) is 0.214. The molecule has 0 spiro atoms. The topological polar surface area (TPSA) is 40.5 Å². The molecule has 0 aliphatic rings. The van der Waals surface area contributed by atoms with E-state index in [1.165, 1.54) is 6.07 Å². The number of aromatic nitrogens is 1. The maximum atomic E-state index is 11.5. The van der Waals surface area contributed by atoms with Crippen molar-refractivity contribution in [2.24, 2.45) is 7.05 Å². The molecule has 1 aromatic carbocycles. The molecule has 0 N–H and O–H groups in total. The van der Waals surface area contributed by atoms with Crippen molar-refractivity contribution < 1.29 is 42.2 Å². The van der Waals surface area contributed by atoms with Gasteiger partial charge in [0.15, 0.2) is 12.4 Å². The zero-order chi connectivity index (χ0) is 13.0. The van der Waals surface area contributed by atoms with Gasteiger partial charge in [-0.05, 0) is 12.1 Å². The monoisotopic (exact) mass is 333 g/mol. The summed E-state index contributed by atoms with van der Waals surface area (Å²) in [5.41, 5.74) is 1.62. The van der Waals surface area contributed by atoms with E-state index in [0.29, 0.717) is 0 Å². The van der Waals surface area contributed by atoms with Crippen LogP contribution >= 0.6 is 0 Å². The van der Waals surface area contributed by atoms with Crippen LogP contribution in [0.15, 0.2) is 41.2 Å². The standard InChI is InChI=1S/C14H14NO3.Y/c1-15-13(4-3-5-14(15)16)11-6-8-12(9-7-11)18-10-17-2;/h3,5-9H,10H2,1-2H3;/q-1;. The summed E-state index contributed by atoms with van der Waals surface area (Å²) in [7, 11) is 3.30. The third-order valence-corrected chi connectivity index (χ3v) is 2.58. The van der Waals surface area contributed by atoms with Gasteiger partial charge in [0.25, 0.3) is 0 Å². The molecule has 0 bridgehead atoms. The molecule has 0 saturated heterocycles. The Morgan fingerprint density at radius 1 is 1.21 bits per heavy atom. The maximum Gasteiger partial charge on any atom is 0.194 e. The van der Waals surface area contributed by atoms with E-state index in [0.717, 1.165) is 17.0 Å². The summed E-state index contributed by atoms with van der Waals surface area (Å²) in [6.07, 6.45) is 0. The van der Waals surface area contributed by atoms with Crippen LogP contribution in [-0.4, -0.2) is 18.5 Å². The van der Waals surface area contributed by atoms with Crippen LogP contribution in [0.25, 0.3) is 11.3 Å². The van der Waals surface area contributed by atoms with Gasteiger partial charge in [-0.1, -0.05) is 17.3 Å². The van der Waals surface area contributed by atoms with Gasteiger partial charge in [0.1, 0.15) is 5.75 Å². The van der Waals surface area contributed by atoms with Crippen molar-refractivity contribution in [2.45, 2.75) is 0 Å². The Kier molecular flexibility index (Phi) is 6.42. The summed E-state index contributed by atoms with van der Waals surface area (Å²) in [6, 6.07) is 13.6. The van der Waals surface area contributed by atoms with Crippen LogP contribution in [0.3, 0.4) is 0 Å². The van der Waals surface area contributed by atoms with E-state index < -0.39 is 0 Å². The molecule has 0 amide bonds. The second-order valence-corrected chi connectivity index (χ2v) is 3.80. The third kappa shape index (κ3) is 4.00. The normalized spacial score (nSPS) is 9.79. The smallest absolute Gasteiger partial charge is 0.194 e.